The van der Waals surface area contributed by atoms with Crippen LogP contribution in [-0.4, -0.2) is 84.1 Å². The molecule has 4 heterocycles. The third-order valence-corrected chi connectivity index (χ3v) is 11.4. The van der Waals surface area contributed by atoms with Gasteiger partial charge in [0.15, 0.2) is 0 Å². The molecule has 18 heteroatoms. The summed E-state index contributed by atoms with van der Waals surface area (Å²) < 4.78 is 66.2. The van der Waals surface area contributed by atoms with Gasteiger partial charge in [0.25, 0.3) is 11.8 Å². The van der Waals surface area contributed by atoms with Crippen LogP contribution in [-0.2, 0) is 58.7 Å². The van der Waals surface area contributed by atoms with Gasteiger partial charge >= 0.3 is 0 Å². The van der Waals surface area contributed by atoms with Gasteiger partial charge in [-0.1, -0.05) is 13.8 Å². The van der Waals surface area contributed by atoms with Crippen molar-refractivity contribution in [3.8, 4) is 0 Å². The molecule has 4 amide bonds. The van der Waals surface area contributed by atoms with Crippen LogP contribution in [0.3, 0.4) is 0 Å². The number of aromatic nitrogens is 2. The highest BCUT2D eigenvalue weighted by atomic mass is 32.2. The molecule has 0 bridgehead atoms. The van der Waals surface area contributed by atoms with E-state index in [1.165, 1.54) is 0 Å². The Morgan fingerprint density at radius 2 is 1.09 bits per heavy atom. The van der Waals surface area contributed by atoms with Gasteiger partial charge in [0.05, 0.1) is 31.7 Å². The van der Waals surface area contributed by atoms with Gasteiger partial charge in [-0.2, -0.15) is 0 Å². The van der Waals surface area contributed by atoms with Crippen LogP contribution in [0.25, 0.3) is 12.2 Å². The third kappa shape index (κ3) is 11.1. The molecule has 16 nitrogen and oxygen atoms in total. The number of carbonyl (C=O) groups excluding carboxylic acids is 4. The van der Waals surface area contributed by atoms with E-state index in [1.54, 1.807) is 6.92 Å². The SMILES string of the molecule is CCC1=C(C)/C(=C\c2[nH]c(Cc3[nH]c(/C=C4/NC(=O)C(C)=C4CC)c(C)c3CCC(=O)NCCS(=O)(=O)[O-])c(CCC(=O)NCCS(=O)(=O)[O-])c2C)NC1=O. The van der Waals surface area contributed by atoms with Crippen molar-refractivity contribution >= 4 is 56.0 Å². The Labute approximate surface area is 321 Å². The van der Waals surface area contributed by atoms with Crippen molar-refractivity contribution in [3.05, 3.63) is 78.7 Å². The number of nitrogens with one attached hydrogen (secondary N) is 6. The lowest BCUT2D eigenvalue weighted by molar-refractivity contribution is -0.121. The molecule has 0 radical (unpaired) electrons. The maximum Gasteiger partial charge on any atom is 0.251 e. The standard InChI is InChI=1S/C37H50N6O10S2/c1-7-24-23(6)36(46)43-31(24)18-29-22(5)27(10-12-35(45)39-14-16-55(51,52)53)33(41-29)19-32-26(9-11-34(44)38-13-15-54(48,49)50)21(4)28(40-32)17-30-20(3)25(8-2)37(47)42-30/h17-18,40-41H,7-16,19H2,1-6H3,(H,38,44)(H,39,45)(H,42,47)(H,43,46)(H,48,49,50)(H,51,52,53)/p-2/b30-17+,31-18+. The Hall–Kier alpha value is -4.78. The number of hydrogen-bond acceptors (Lipinski definition) is 10. The Balaban J connectivity index is 1.74. The fourth-order valence-corrected chi connectivity index (χ4v) is 7.57. The second-order valence-electron chi connectivity index (χ2n) is 13.6. The quantitative estimate of drug-likeness (QED) is 0.120. The molecule has 0 fully saturated rings. The van der Waals surface area contributed by atoms with Crippen molar-refractivity contribution in [2.45, 2.75) is 86.5 Å². The van der Waals surface area contributed by atoms with Gasteiger partial charge in [-0.15, -0.1) is 0 Å². The van der Waals surface area contributed by atoms with Gasteiger partial charge in [-0.3, -0.25) is 19.2 Å². The van der Waals surface area contributed by atoms with Gasteiger partial charge in [0, 0.05) is 77.7 Å². The highest BCUT2D eigenvalue weighted by molar-refractivity contribution is 7.85. The predicted octanol–water partition coefficient (Wildman–Crippen LogP) is 2.13. The summed E-state index contributed by atoms with van der Waals surface area (Å²) in [6, 6.07) is 0. The van der Waals surface area contributed by atoms with Gasteiger partial charge in [-0.05, 0) is 98.9 Å². The van der Waals surface area contributed by atoms with Gasteiger partial charge in [0.2, 0.25) is 11.8 Å². The monoisotopic (exact) mass is 800 g/mol. The lowest BCUT2D eigenvalue weighted by atomic mass is 9.98. The normalized spacial score (nSPS) is 16.4. The summed E-state index contributed by atoms with van der Waals surface area (Å²) >= 11 is 0. The summed E-state index contributed by atoms with van der Waals surface area (Å²) in [6.07, 6.45) is 5.58. The molecule has 2 aromatic heterocycles. The molecule has 300 valence electrons. The molecule has 0 unspecified atom stereocenters. The van der Waals surface area contributed by atoms with Crippen LogP contribution in [0.5, 0.6) is 0 Å². The van der Waals surface area contributed by atoms with Crippen molar-refractivity contribution < 1.29 is 45.1 Å². The molecule has 6 N–H and O–H groups in total. The Morgan fingerprint density at radius 3 is 1.51 bits per heavy atom. The average Bonchev–Trinajstić information content (AvgIpc) is 3.73. The maximum absolute atomic E-state index is 12.7. The van der Waals surface area contributed by atoms with E-state index in [-0.39, 0.29) is 57.0 Å². The first-order valence-electron chi connectivity index (χ1n) is 18.0. The molecule has 0 saturated heterocycles. The molecular formula is C37H48N6O10S2-2. The van der Waals surface area contributed by atoms with Crippen molar-refractivity contribution in [2.24, 2.45) is 0 Å². The van der Waals surface area contributed by atoms with Crippen LogP contribution in [0, 0.1) is 13.8 Å². The summed E-state index contributed by atoms with van der Waals surface area (Å²) in [5, 5.41) is 10.8. The van der Waals surface area contributed by atoms with Gasteiger partial charge in [-0.25, -0.2) is 16.8 Å². The van der Waals surface area contributed by atoms with Crippen LogP contribution in [0.1, 0.15) is 98.4 Å². The molecule has 0 atom stereocenters. The zero-order chi connectivity index (χ0) is 40.8. The van der Waals surface area contributed by atoms with Crippen molar-refractivity contribution in [2.75, 3.05) is 24.6 Å². The number of H-pyrrole nitrogens is 2. The molecule has 2 aliphatic rings. The van der Waals surface area contributed by atoms with Crippen molar-refractivity contribution in [3.63, 3.8) is 0 Å². The first-order chi connectivity index (χ1) is 25.7. The second-order valence-corrected chi connectivity index (χ2v) is 16.6. The summed E-state index contributed by atoms with van der Waals surface area (Å²) in [5.74, 6) is -2.71. The average molecular weight is 801 g/mol. The van der Waals surface area contributed by atoms with E-state index in [2.05, 4.69) is 31.2 Å². The molecule has 4 rings (SSSR count). The molecule has 55 heavy (non-hydrogen) atoms. The lowest BCUT2D eigenvalue weighted by Gasteiger charge is -2.10. The van der Waals surface area contributed by atoms with E-state index in [9.17, 15) is 45.1 Å². The first-order valence-corrected chi connectivity index (χ1v) is 21.2. The Morgan fingerprint density at radius 1 is 0.655 bits per heavy atom. The van der Waals surface area contributed by atoms with Crippen LogP contribution < -0.4 is 21.3 Å². The predicted molar refractivity (Wildman–Crippen MR) is 204 cm³/mol. The number of allylic oxidation sites excluding steroid dienone is 2. The van der Waals surface area contributed by atoms with E-state index < -0.39 is 43.6 Å². The van der Waals surface area contributed by atoms with Crippen LogP contribution >= 0.6 is 0 Å². The number of rotatable bonds is 18. The summed E-state index contributed by atoms with van der Waals surface area (Å²) in [6.45, 7) is 10.6. The van der Waals surface area contributed by atoms with E-state index in [0.29, 0.717) is 46.8 Å². The van der Waals surface area contributed by atoms with Gasteiger partial charge < -0.3 is 40.3 Å². The molecular weight excluding hydrogens is 753 g/mol. The highest BCUT2D eigenvalue weighted by Crippen LogP contribution is 2.32. The zero-order valence-corrected chi connectivity index (χ0v) is 33.5. The number of carbonyl (C=O) groups is 4. The topological polar surface area (TPSA) is 262 Å². The van der Waals surface area contributed by atoms with E-state index in [1.807, 2.05) is 46.8 Å². The number of aromatic amines is 2. The number of amides is 4. The number of hydrogen-bond donors (Lipinski definition) is 6. The molecule has 0 spiro atoms. The second kappa shape index (κ2) is 17.8. The lowest BCUT2D eigenvalue weighted by Crippen LogP contribution is -2.29. The van der Waals surface area contributed by atoms with E-state index in [0.717, 1.165) is 44.8 Å². The zero-order valence-electron chi connectivity index (χ0n) is 31.8. The minimum absolute atomic E-state index is 0.0190. The van der Waals surface area contributed by atoms with Crippen LogP contribution in [0.4, 0.5) is 0 Å². The first kappa shape index (κ1) is 43.0. The van der Waals surface area contributed by atoms with Gasteiger partial charge in [0.1, 0.15) is 0 Å². The third-order valence-electron chi connectivity index (χ3n) is 9.95. The Kier molecular flexibility index (Phi) is 13.9. The van der Waals surface area contributed by atoms with Crippen LogP contribution in [0.2, 0.25) is 0 Å². The Bertz CT molecular complexity index is 2240. The molecule has 0 saturated carbocycles. The van der Waals surface area contributed by atoms with Crippen molar-refractivity contribution in [1.82, 2.24) is 31.2 Å². The fraction of sp³-hybridized carbons (Fsp3) is 0.459. The van der Waals surface area contributed by atoms with E-state index >= 15 is 0 Å². The molecule has 2 aliphatic heterocycles. The largest absolute Gasteiger partial charge is 0.748 e. The maximum atomic E-state index is 12.7. The summed E-state index contributed by atoms with van der Waals surface area (Å²) in [7, 11) is -9.01. The molecule has 0 aromatic carbocycles. The minimum Gasteiger partial charge on any atom is -0.748 e. The van der Waals surface area contributed by atoms with Crippen molar-refractivity contribution in [1.29, 1.82) is 0 Å². The summed E-state index contributed by atoms with van der Waals surface area (Å²) in [5.41, 5.74) is 10.3. The fourth-order valence-electron chi connectivity index (χ4n) is 6.86. The van der Waals surface area contributed by atoms with Crippen LogP contribution in [0.15, 0.2) is 33.7 Å². The smallest absolute Gasteiger partial charge is 0.251 e. The summed E-state index contributed by atoms with van der Waals surface area (Å²) in [4.78, 5) is 57.6. The van der Waals surface area contributed by atoms with E-state index in [4.69, 9.17) is 0 Å². The molecule has 2 aromatic rings. The highest BCUT2D eigenvalue weighted by Gasteiger charge is 2.26. The molecule has 0 aliphatic carbocycles. The minimum atomic E-state index is -4.50.